The molecule has 0 aromatic heterocycles. The fourth-order valence-electron chi connectivity index (χ4n) is 2.28. The first-order valence-corrected chi connectivity index (χ1v) is 7.07. The Morgan fingerprint density at radius 2 is 1.75 bits per heavy atom. The third-order valence-corrected chi connectivity index (χ3v) is 3.55. The molecule has 20 heavy (non-hydrogen) atoms. The van der Waals surface area contributed by atoms with E-state index in [9.17, 15) is 5.11 Å². The van der Waals surface area contributed by atoms with Crippen molar-refractivity contribution in [1.82, 2.24) is 0 Å². The summed E-state index contributed by atoms with van der Waals surface area (Å²) in [6, 6.07) is 14.2. The first-order chi connectivity index (χ1) is 9.61. The third-order valence-electron chi connectivity index (χ3n) is 3.55. The zero-order valence-corrected chi connectivity index (χ0v) is 12.4. The molecule has 1 unspecified atom stereocenters. The summed E-state index contributed by atoms with van der Waals surface area (Å²) in [4.78, 5) is 0. The van der Waals surface area contributed by atoms with E-state index in [2.05, 4.69) is 12.1 Å². The zero-order chi connectivity index (χ0) is 14.5. The first-order valence-electron chi connectivity index (χ1n) is 7.07. The lowest BCUT2D eigenvalue weighted by molar-refractivity contribution is 0.172. The molecule has 0 spiro atoms. The molecule has 106 valence electrons. The Kier molecular flexibility index (Phi) is 4.80. The maximum atomic E-state index is 9.99. The molecule has 2 aromatic carbocycles. The summed E-state index contributed by atoms with van der Waals surface area (Å²) >= 11 is 0. The largest absolute Gasteiger partial charge is 0.489 e. The van der Waals surface area contributed by atoms with E-state index in [0.717, 1.165) is 34.4 Å². The molecule has 0 radical (unpaired) electrons. The predicted octanol–water partition coefficient (Wildman–Crippen LogP) is 4.33. The van der Waals surface area contributed by atoms with Gasteiger partial charge in [-0.1, -0.05) is 37.3 Å². The molecule has 0 bridgehead atoms. The number of benzene rings is 2. The molecule has 0 heterocycles. The number of aliphatic hydroxyl groups is 1. The van der Waals surface area contributed by atoms with E-state index in [0.29, 0.717) is 6.61 Å². The zero-order valence-electron chi connectivity index (χ0n) is 12.4. The van der Waals surface area contributed by atoms with Crippen LogP contribution in [-0.2, 0) is 6.61 Å². The Morgan fingerprint density at radius 3 is 2.40 bits per heavy atom. The van der Waals surface area contributed by atoms with Gasteiger partial charge >= 0.3 is 0 Å². The number of ether oxygens (including phenoxy) is 1. The van der Waals surface area contributed by atoms with E-state index >= 15 is 0 Å². The quantitative estimate of drug-likeness (QED) is 0.876. The van der Waals surface area contributed by atoms with Crippen molar-refractivity contribution >= 4 is 0 Å². The van der Waals surface area contributed by atoms with Crippen LogP contribution in [0, 0.1) is 13.8 Å². The van der Waals surface area contributed by atoms with Crippen LogP contribution in [0.1, 0.15) is 41.7 Å². The summed E-state index contributed by atoms with van der Waals surface area (Å²) in [6.45, 7) is 6.59. The minimum absolute atomic E-state index is 0.392. The summed E-state index contributed by atoms with van der Waals surface area (Å²) < 4.78 is 5.89. The second-order valence-electron chi connectivity index (χ2n) is 5.17. The van der Waals surface area contributed by atoms with Crippen molar-refractivity contribution in [3.8, 4) is 5.75 Å². The Balaban J connectivity index is 2.15. The summed E-state index contributed by atoms with van der Waals surface area (Å²) in [7, 11) is 0. The van der Waals surface area contributed by atoms with E-state index in [1.54, 1.807) is 0 Å². The lowest BCUT2D eigenvalue weighted by atomic mass is 9.98. The van der Waals surface area contributed by atoms with Crippen LogP contribution in [0.15, 0.2) is 42.5 Å². The molecule has 0 aliphatic carbocycles. The average Bonchev–Trinajstić information content (AvgIpc) is 2.48. The number of rotatable bonds is 5. The Morgan fingerprint density at radius 1 is 1.05 bits per heavy atom. The molecule has 1 N–H and O–H groups in total. The van der Waals surface area contributed by atoms with Gasteiger partial charge in [-0.25, -0.2) is 0 Å². The second-order valence-corrected chi connectivity index (χ2v) is 5.17. The highest BCUT2D eigenvalue weighted by atomic mass is 16.5. The topological polar surface area (TPSA) is 29.5 Å². The van der Waals surface area contributed by atoms with Crippen LogP contribution in [0.5, 0.6) is 5.75 Å². The fraction of sp³-hybridized carbons (Fsp3) is 0.333. The Hall–Kier alpha value is -1.80. The van der Waals surface area contributed by atoms with Crippen molar-refractivity contribution in [2.24, 2.45) is 0 Å². The average molecular weight is 270 g/mol. The molecule has 0 aliphatic heterocycles. The van der Waals surface area contributed by atoms with E-state index in [4.69, 9.17) is 4.74 Å². The highest BCUT2D eigenvalue weighted by Crippen LogP contribution is 2.28. The summed E-state index contributed by atoms with van der Waals surface area (Å²) in [5.41, 5.74) is 4.29. The Bertz CT molecular complexity index is 561. The van der Waals surface area contributed by atoms with Crippen molar-refractivity contribution in [3.05, 3.63) is 64.7 Å². The van der Waals surface area contributed by atoms with E-state index in [1.165, 1.54) is 0 Å². The van der Waals surface area contributed by atoms with Crippen LogP contribution in [-0.4, -0.2) is 5.11 Å². The van der Waals surface area contributed by atoms with Crippen LogP contribution < -0.4 is 4.74 Å². The van der Waals surface area contributed by atoms with Crippen LogP contribution in [0.4, 0.5) is 0 Å². The normalized spacial score (nSPS) is 12.2. The second kappa shape index (κ2) is 6.58. The van der Waals surface area contributed by atoms with Crippen molar-refractivity contribution in [1.29, 1.82) is 0 Å². The molecular weight excluding hydrogens is 248 g/mol. The minimum Gasteiger partial charge on any atom is -0.489 e. The molecular formula is C18H22O2. The van der Waals surface area contributed by atoms with Crippen molar-refractivity contribution in [3.63, 3.8) is 0 Å². The van der Waals surface area contributed by atoms with Gasteiger partial charge < -0.3 is 9.84 Å². The van der Waals surface area contributed by atoms with Crippen molar-refractivity contribution < 1.29 is 9.84 Å². The van der Waals surface area contributed by atoms with Crippen LogP contribution in [0.3, 0.4) is 0 Å². The Labute approximate surface area is 121 Å². The van der Waals surface area contributed by atoms with Crippen LogP contribution in [0.2, 0.25) is 0 Å². The molecule has 0 fully saturated rings. The molecule has 1 atom stereocenters. The van der Waals surface area contributed by atoms with E-state index < -0.39 is 6.10 Å². The van der Waals surface area contributed by atoms with Gasteiger partial charge in [-0.15, -0.1) is 0 Å². The predicted molar refractivity (Wildman–Crippen MR) is 81.9 cm³/mol. The molecule has 2 aromatic rings. The first kappa shape index (κ1) is 14.6. The molecule has 0 saturated carbocycles. The monoisotopic (exact) mass is 270 g/mol. The number of aryl methyl sites for hydroxylation is 2. The highest BCUT2D eigenvalue weighted by Gasteiger charge is 2.11. The maximum absolute atomic E-state index is 9.99. The van der Waals surface area contributed by atoms with Crippen molar-refractivity contribution in [2.45, 2.75) is 39.9 Å². The molecule has 0 amide bonds. The lowest BCUT2D eigenvalue weighted by Crippen LogP contribution is -2.02. The smallest absolute Gasteiger partial charge is 0.123 e. The van der Waals surface area contributed by atoms with Gasteiger partial charge in [-0.3, -0.25) is 0 Å². The van der Waals surface area contributed by atoms with E-state index in [-0.39, 0.29) is 0 Å². The highest BCUT2D eigenvalue weighted by molar-refractivity contribution is 5.42. The summed E-state index contributed by atoms with van der Waals surface area (Å²) in [6.07, 6.45) is 0.335. The standard InChI is InChI=1S/C18H22O2/c1-4-17(19)16-10-14(3)18(11-13(16)2)20-12-15-8-6-5-7-9-15/h5-11,17,19H,4,12H2,1-3H3. The van der Waals surface area contributed by atoms with Gasteiger partial charge in [-0.2, -0.15) is 0 Å². The van der Waals surface area contributed by atoms with Crippen molar-refractivity contribution in [2.75, 3.05) is 0 Å². The van der Waals surface area contributed by atoms with Crippen LogP contribution in [0.25, 0.3) is 0 Å². The third kappa shape index (κ3) is 3.40. The number of hydrogen-bond donors (Lipinski definition) is 1. The maximum Gasteiger partial charge on any atom is 0.123 e. The van der Waals surface area contributed by atoms with Gasteiger partial charge in [0, 0.05) is 0 Å². The minimum atomic E-state index is -0.392. The van der Waals surface area contributed by atoms with Gasteiger partial charge in [0.05, 0.1) is 6.10 Å². The van der Waals surface area contributed by atoms with Gasteiger partial charge in [-0.05, 0) is 54.7 Å². The van der Waals surface area contributed by atoms with Gasteiger partial charge in [0.1, 0.15) is 12.4 Å². The number of hydrogen-bond acceptors (Lipinski definition) is 2. The van der Waals surface area contributed by atoms with Gasteiger partial charge in [0.2, 0.25) is 0 Å². The molecule has 0 aliphatic rings. The van der Waals surface area contributed by atoms with E-state index in [1.807, 2.05) is 51.1 Å². The molecule has 2 heteroatoms. The van der Waals surface area contributed by atoms with Gasteiger partial charge in [0.15, 0.2) is 0 Å². The summed E-state index contributed by atoms with van der Waals surface area (Å²) in [5.74, 6) is 0.887. The molecule has 2 nitrogen and oxygen atoms in total. The molecule has 0 saturated heterocycles. The molecule has 2 rings (SSSR count). The summed E-state index contributed by atoms with van der Waals surface area (Å²) in [5, 5.41) is 9.99. The van der Waals surface area contributed by atoms with Crippen LogP contribution >= 0.6 is 0 Å². The SMILES string of the molecule is CCC(O)c1cc(C)c(OCc2ccccc2)cc1C. The van der Waals surface area contributed by atoms with Gasteiger partial charge in [0.25, 0.3) is 0 Å². The fourth-order valence-corrected chi connectivity index (χ4v) is 2.28. The number of aliphatic hydroxyl groups excluding tert-OH is 1. The lowest BCUT2D eigenvalue weighted by Gasteiger charge is -2.16.